The van der Waals surface area contributed by atoms with Crippen LogP contribution in [-0.2, 0) is 11.4 Å². The molecule has 0 saturated carbocycles. The maximum atomic E-state index is 13.0. The van der Waals surface area contributed by atoms with E-state index in [-0.39, 0.29) is 30.1 Å². The summed E-state index contributed by atoms with van der Waals surface area (Å²) in [6.45, 7) is 4.33. The number of hydrogen-bond acceptors (Lipinski definition) is 6. The number of nitrogens with zero attached hydrogens (tertiary/aromatic N) is 3. The van der Waals surface area contributed by atoms with E-state index in [9.17, 15) is 9.18 Å². The molecule has 31 heavy (non-hydrogen) atoms. The van der Waals surface area contributed by atoms with Crippen LogP contribution in [0.5, 0.6) is 5.75 Å². The molecule has 0 saturated heterocycles. The largest absolute Gasteiger partial charge is 0.486 e. The molecule has 1 atom stereocenters. The molecule has 0 radical (unpaired) electrons. The third kappa shape index (κ3) is 6.71. The minimum Gasteiger partial charge on any atom is -0.486 e. The number of carbonyl (C=O) groups is 1. The molecule has 1 heterocycles. The first-order chi connectivity index (χ1) is 14.9. The van der Waals surface area contributed by atoms with Crippen molar-refractivity contribution in [1.82, 2.24) is 20.2 Å². The lowest BCUT2D eigenvalue weighted by Gasteiger charge is -2.21. The third-order valence-electron chi connectivity index (χ3n) is 4.49. The highest BCUT2D eigenvalue weighted by molar-refractivity contribution is 7.99. The molecule has 164 valence electrons. The second kappa shape index (κ2) is 10.8. The van der Waals surface area contributed by atoms with Gasteiger partial charge in [0.15, 0.2) is 5.82 Å². The summed E-state index contributed by atoms with van der Waals surface area (Å²) in [6, 6.07) is 15.5. The molecule has 1 aromatic heterocycles. The Morgan fingerprint density at radius 2 is 1.87 bits per heavy atom. The number of benzene rings is 2. The van der Waals surface area contributed by atoms with Gasteiger partial charge in [-0.3, -0.25) is 4.79 Å². The summed E-state index contributed by atoms with van der Waals surface area (Å²) in [4.78, 5) is 12.6. The highest BCUT2D eigenvalue weighted by atomic mass is 32.2. The Bertz CT molecular complexity index is 979. The second-order valence-corrected chi connectivity index (χ2v) is 8.40. The van der Waals surface area contributed by atoms with Gasteiger partial charge in [-0.1, -0.05) is 55.9 Å². The summed E-state index contributed by atoms with van der Waals surface area (Å²) in [6.07, 6.45) is 0.846. The fourth-order valence-corrected chi connectivity index (χ4v) is 3.67. The molecular weight excluding hydrogens is 417 g/mol. The van der Waals surface area contributed by atoms with Gasteiger partial charge in [-0.25, -0.2) is 9.07 Å². The number of nitrogens with one attached hydrogen (secondary N) is 1. The van der Waals surface area contributed by atoms with E-state index in [0.717, 1.165) is 12.0 Å². The van der Waals surface area contributed by atoms with Crippen LogP contribution in [0.1, 0.15) is 37.7 Å². The molecule has 3 aromatic rings. The minimum atomic E-state index is -0.339. The average Bonchev–Trinajstić information content (AvgIpc) is 3.11. The van der Waals surface area contributed by atoms with Gasteiger partial charge in [0.05, 0.1) is 11.8 Å². The van der Waals surface area contributed by atoms with Crippen LogP contribution in [-0.4, -0.2) is 26.5 Å². The van der Waals surface area contributed by atoms with Gasteiger partial charge in [-0.15, -0.1) is 10.2 Å². The van der Waals surface area contributed by atoms with Crippen molar-refractivity contribution < 1.29 is 13.9 Å². The quantitative estimate of drug-likeness (QED) is 0.366. The number of amides is 1. The van der Waals surface area contributed by atoms with Gasteiger partial charge in [-0.2, -0.15) is 0 Å². The Morgan fingerprint density at radius 3 is 2.55 bits per heavy atom. The molecule has 0 spiro atoms. The van der Waals surface area contributed by atoms with Crippen molar-refractivity contribution in [1.29, 1.82) is 0 Å². The average molecular weight is 444 g/mol. The molecule has 0 aliphatic carbocycles. The highest BCUT2D eigenvalue weighted by Gasteiger charge is 2.18. The van der Waals surface area contributed by atoms with Crippen LogP contribution >= 0.6 is 11.8 Å². The van der Waals surface area contributed by atoms with E-state index in [0.29, 0.717) is 22.6 Å². The lowest BCUT2D eigenvalue weighted by Crippen LogP contribution is -2.31. The van der Waals surface area contributed by atoms with Crippen molar-refractivity contribution in [3.05, 3.63) is 71.8 Å². The molecule has 0 aliphatic heterocycles. The first-order valence-electron chi connectivity index (χ1n) is 9.97. The summed E-state index contributed by atoms with van der Waals surface area (Å²) in [7, 11) is 0. The van der Waals surface area contributed by atoms with Gasteiger partial charge >= 0.3 is 0 Å². The first-order valence-corrected chi connectivity index (χ1v) is 11.0. The van der Waals surface area contributed by atoms with Crippen molar-refractivity contribution in [2.75, 3.05) is 11.6 Å². The van der Waals surface area contributed by atoms with E-state index >= 15 is 0 Å². The van der Waals surface area contributed by atoms with Crippen molar-refractivity contribution in [2.45, 2.75) is 38.1 Å². The van der Waals surface area contributed by atoms with E-state index in [1.54, 1.807) is 0 Å². The van der Waals surface area contributed by atoms with Crippen LogP contribution in [0.2, 0.25) is 0 Å². The SMILES string of the molecule is CC(C)CC(NC(=O)CSc1nnc(COc2ccc(F)cc2)n1N)c1ccccc1. The number of aromatic nitrogens is 3. The Hall–Kier alpha value is -3.07. The molecule has 9 heteroatoms. The smallest absolute Gasteiger partial charge is 0.230 e. The minimum absolute atomic E-state index is 0.0512. The van der Waals surface area contributed by atoms with Crippen LogP contribution in [0.25, 0.3) is 0 Å². The number of nitrogen functional groups attached to an aromatic ring is 1. The number of ether oxygens (including phenoxy) is 1. The van der Waals surface area contributed by atoms with Crippen molar-refractivity contribution in [3.63, 3.8) is 0 Å². The fraction of sp³-hybridized carbons (Fsp3) is 0.318. The summed E-state index contributed by atoms with van der Waals surface area (Å²) >= 11 is 1.20. The second-order valence-electron chi connectivity index (χ2n) is 7.46. The molecule has 7 nitrogen and oxygen atoms in total. The molecule has 0 fully saturated rings. The Kier molecular flexibility index (Phi) is 7.88. The Labute approximate surface area is 185 Å². The number of hydrogen-bond donors (Lipinski definition) is 2. The fourth-order valence-electron chi connectivity index (χ4n) is 2.98. The first kappa shape index (κ1) is 22.6. The lowest BCUT2D eigenvalue weighted by molar-refractivity contribution is -0.119. The Morgan fingerprint density at radius 1 is 1.16 bits per heavy atom. The highest BCUT2D eigenvalue weighted by Crippen LogP contribution is 2.22. The number of halogens is 1. The van der Waals surface area contributed by atoms with Gasteiger partial charge in [-0.05, 0) is 42.2 Å². The number of nitrogens with two attached hydrogens (primary N) is 1. The van der Waals surface area contributed by atoms with Gasteiger partial charge in [0.25, 0.3) is 0 Å². The standard InChI is InChI=1S/C22H26FN5O2S/c1-15(2)12-19(16-6-4-3-5-7-16)25-21(29)14-31-22-27-26-20(28(22)24)13-30-18-10-8-17(23)9-11-18/h3-11,15,19H,12-14,24H2,1-2H3,(H,25,29). The molecule has 0 aliphatic rings. The van der Waals surface area contributed by atoms with E-state index in [1.807, 2.05) is 30.3 Å². The molecule has 3 rings (SSSR count). The van der Waals surface area contributed by atoms with Crippen molar-refractivity contribution in [3.8, 4) is 5.75 Å². The summed E-state index contributed by atoms with van der Waals surface area (Å²) in [5.41, 5.74) is 1.08. The molecule has 1 amide bonds. The van der Waals surface area contributed by atoms with E-state index in [2.05, 4.69) is 29.4 Å². The van der Waals surface area contributed by atoms with E-state index < -0.39 is 0 Å². The predicted molar refractivity (Wildman–Crippen MR) is 118 cm³/mol. The van der Waals surface area contributed by atoms with Gasteiger partial charge in [0.2, 0.25) is 11.1 Å². The molecule has 0 bridgehead atoms. The van der Waals surface area contributed by atoms with Crippen LogP contribution < -0.4 is 15.9 Å². The number of rotatable bonds is 10. The van der Waals surface area contributed by atoms with E-state index in [4.69, 9.17) is 10.6 Å². The van der Waals surface area contributed by atoms with Crippen molar-refractivity contribution >= 4 is 17.7 Å². The summed E-state index contributed by atoms with van der Waals surface area (Å²) < 4.78 is 19.8. The zero-order chi connectivity index (χ0) is 22.2. The van der Waals surface area contributed by atoms with Crippen LogP contribution in [0.15, 0.2) is 59.8 Å². The topological polar surface area (TPSA) is 95.1 Å². The number of carbonyl (C=O) groups excluding carboxylic acids is 1. The third-order valence-corrected chi connectivity index (χ3v) is 5.44. The maximum Gasteiger partial charge on any atom is 0.230 e. The molecule has 1 unspecified atom stereocenters. The van der Waals surface area contributed by atoms with Gasteiger partial charge in [0.1, 0.15) is 18.2 Å². The zero-order valence-electron chi connectivity index (χ0n) is 17.5. The normalized spacial score (nSPS) is 12.0. The zero-order valence-corrected chi connectivity index (χ0v) is 18.3. The monoisotopic (exact) mass is 443 g/mol. The Balaban J connectivity index is 1.54. The van der Waals surface area contributed by atoms with Gasteiger partial charge in [0, 0.05) is 0 Å². The lowest BCUT2D eigenvalue weighted by atomic mass is 9.97. The van der Waals surface area contributed by atoms with Crippen LogP contribution in [0.3, 0.4) is 0 Å². The molecular formula is C22H26FN5O2S. The molecule has 2 aromatic carbocycles. The van der Waals surface area contributed by atoms with E-state index in [1.165, 1.54) is 40.7 Å². The van der Waals surface area contributed by atoms with Crippen LogP contribution in [0, 0.1) is 11.7 Å². The summed E-state index contributed by atoms with van der Waals surface area (Å²) in [5.74, 6) is 7.09. The predicted octanol–water partition coefficient (Wildman–Crippen LogP) is 3.71. The maximum absolute atomic E-state index is 13.0. The molecule has 3 N–H and O–H groups in total. The van der Waals surface area contributed by atoms with Gasteiger partial charge < -0.3 is 15.9 Å². The van der Waals surface area contributed by atoms with Crippen LogP contribution in [0.4, 0.5) is 4.39 Å². The van der Waals surface area contributed by atoms with Crippen molar-refractivity contribution in [2.24, 2.45) is 5.92 Å². The number of thioether (sulfide) groups is 1. The summed E-state index contributed by atoms with van der Waals surface area (Å²) in [5, 5.41) is 11.6.